The first-order chi connectivity index (χ1) is 8.49. The van der Waals surface area contributed by atoms with Crippen LogP contribution in [0, 0.1) is 6.92 Å². The van der Waals surface area contributed by atoms with E-state index in [0.29, 0.717) is 12.2 Å². The van der Waals surface area contributed by atoms with Gasteiger partial charge in [0.15, 0.2) is 6.61 Å². The van der Waals surface area contributed by atoms with Gasteiger partial charge in [-0.25, -0.2) is 0 Å². The Kier molecular flexibility index (Phi) is 5.16. The van der Waals surface area contributed by atoms with Crippen LogP contribution in [0.5, 0.6) is 5.75 Å². The van der Waals surface area contributed by atoms with Crippen molar-refractivity contribution in [2.75, 3.05) is 13.2 Å². The maximum atomic E-state index is 11.7. The summed E-state index contributed by atoms with van der Waals surface area (Å²) in [6.45, 7) is 5.58. The largest absolute Gasteiger partial charge is 0.484 e. The minimum atomic E-state index is -0.576. The molecular weight excluding hydrogens is 230 g/mol. The van der Waals surface area contributed by atoms with E-state index in [1.54, 1.807) is 6.92 Å². The predicted octanol–water partition coefficient (Wildman–Crippen LogP) is 1.65. The molecular formula is C14H21NO3. The molecule has 1 rings (SSSR count). The van der Waals surface area contributed by atoms with E-state index in [0.717, 1.165) is 5.56 Å². The molecule has 0 aliphatic rings. The number of hydrogen-bond acceptors (Lipinski definition) is 3. The third-order valence-corrected chi connectivity index (χ3v) is 2.96. The predicted molar refractivity (Wildman–Crippen MR) is 70.6 cm³/mol. The number of aliphatic hydroxyl groups is 1. The molecule has 0 spiro atoms. The highest BCUT2D eigenvalue weighted by atomic mass is 16.5. The molecule has 0 aromatic heterocycles. The van der Waals surface area contributed by atoms with Crippen molar-refractivity contribution >= 4 is 5.91 Å². The number of rotatable bonds is 6. The lowest BCUT2D eigenvalue weighted by Gasteiger charge is -2.27. The summed E-state index contributed by atoms with van der Waals surface area (Å²) >= 11 is 0. The lowest BCUT2D eigenvalue weighted by molar-refractivity contribution is -0.125. The van der Waals surface area contributed by atoms with Gasteiger partial charge in [0.25, 0.3) is 5.91 Å². The average molecular weight is 251 g/mol. The van der Waals surface area contributed by atoms with Crippen molar-refractivity contribution in [3.63, 3.8) is 0 Å². The number of carbonyl (C=O) groups excluding carboxylic acids is 1. The van der Waals surface area contributed by atoms with Gasteiger partial charge < -0.3 is 15.2 Å². The second kappa shape index (κ2) is 6.40. The first kappa shape index (κ1) is 14.5. The minimum absolute atomic E-state index is 0.0430. The second-order valence-corrected chi connectivity index (χ2v) is 4.72. The third kappa shape index (κ3) is 4.37. The highest BCUT2D eigenvalue weighted by Gasteiger charge is 2.23. The van der Waals surface area contributed by atoms with Crippen LogP contribution >= 0.6 is 0 Å². The van der Waals surface area contributed by atoms with E-state index < -0.39 is 5.54 Å². The van der Waals surface area contributed by atoms with Crippen molar-refractivity contribution in [3.05, 3.63) is 29.8 Å². The number of carbonyl (C=O) groups is 1. The summed E-state index contributed by atoms with van der Waals surface area (Å²) in [6, 6.07) is 7.51. The van der Waals surface area contributed by atoms with Crippen LogP contribution in [0.1, 0.15) is 25.8 Å². The zero-order valence-corrected chi connectivity index (χ0v) is 11.2. The fraction of sp³-hybridized carbons (Fsp3) is 0.500. The highest BCUT2D eigenvalue weighted by molar-refractivity contribution is 5.78. The molecule has 1 unspecified atom stereocenters. The van der Waals surface area contributed by atoms with E-state index in [9.17, 15) is 9.90 Å². The molecule has 4 heteroatoms. The van der Waals surface area contributed by atoms with Gasteiger partial charge in [-0.3, -0.25) is 4.79 Å². The smallest absolute Gasteiger partial charge is 0.258 e. The fourth-order valence-corrected chi connectivity index (χ4v) is 1.40. The van der Waals surface area contributed by atoms with Crippen molar-refractivity contribution in [3.8, 4) is 5.75 Å². The Bertz CT molecular complexity index is 383. The number of aliphatic hydroxyl groups excluding tert-OH is 1. The molecule has 1 aromatic carbocycles. The number of hydrogen-bond donors (Lipinski definition) is 2. The lowest BCUT2D eigenvalue weighted by Crippen LogP contribution is -2.49. The van der Waals surface area contributed by atoms with Crippen LogP contribution < -0.4 is 10.1 Å². The molecule has 0 heterocycles. The molecule has 18 heavy (non-hydrogen) atoms. The van der Waals surface area contributed by atoms with Crippen LogP contribution in [0.15, 0.2) is 24.3 Å². The molecule has 2 N–H and O–H groups in total. The Labute approximate surface area is 108 Å². The van der Waals surface area contributed by atoms with Crippen molar-refractivity contribution in [2.45, 2.75) is 32.7 Å². The zero-order chi connectivity index (χ0) is 13.6. The maximum Gasteiger partial charge on any atom is 0.258 e. The van der Waals surface area contributed by atoms with E-state index >= 15 is 0 Å². The van der Waals surface area contributed by atoms with Crippen LogP contribution in [-0.2, 0) is 4.79 Å². The van der Waals surface area contributed by atoms with Crippen LogP contribution in [0.25, 0.3) is 0 Å². The van der Waals surface area contributed by atoms with Gasteiger partial charge >= 0.3 is 0 Å². The van der Waals surface area contributed by atoms with Gasteiger partial charge in [-0.1, -0.05) is 24.6 Å². The van der Waals surface area contributed by atoms with Gasteiger partial charge in [-0.05, 0) is 32.4 Å². The molecule has 0 radical (unpaired) electrons. The number of benzene rings is 1. The summed E-state index contributed by atoms with van der Waals surface area (Å²) in [5, 5.41) is 12.0. The van der Waals surface area contributed by atoms with Gasteiger partial charge in [0.1, 0.15) is 5.75 Å². The summed E-state index contributed by atoms with van der Waals surface area (Å²) in [7, 11) is 0. The molecule has 4 nitrogen and oxygen atoms in total. The van der Waals surface area contributed by atoms with Crippen LogP contribution in [0.3, 0.4) is 0 Å². The Morgan fingerprint density at radius 1 is 1.39 bits per heavy atom. The molecule has 100 valence electrons. The van der Waals surface area contributed by atoms with E-state index in [1.807, 2.05) is 38.1 Å². The zero-order valence-electron chi connectivity index (χ0n) is 11.2. The fourth-order valence-electron chi connectivity index (χ4n) is 1.40. The summed E-state index contributed by atoms with van der Waals surface area (Å²) < 4.78 is 5.36. The molecule has 0 bridgehead atoms. The quantitative estimate of drug-likeness (QED) is 0.808. The SMILES string of the molecule is CCC(C)(CO)NC(=O)COc1ccc(C)cc1. The Morgan fingerprint density at radius 2 is 2.00 bits per heavy atom. The van der Waals surface area contributed by atoms with Crippen molar-refractivity contribution < 1.29 is 14.6 Å². The number of aryl methyl sites for hydroxylation is 1. The number of amides is 1. The molecule has 0 saturated heterocycles. The van der Waals surface area contributed by atoms with E-state index in [4.69, 9.17) is 4.74 Å². The normalized spacial score (nSPS) is 13.8. The van der Waals surface area contributed by atoms with Crippen LogP contribution in [-0.4, -0.2) is 29.8 Å². The van der Waals surface area contributed by atoms with Gasteiger partial charge in [0.2, 0.25) is 0 Å². The summed E-state index contributed by atoms with van der Waals surface area (Å²) in [6.07, 6.45) is 0.666. The van der Waals surface area contributed by atoms with Gasteiger partial charge in [-0.2, -0.15) is 0 Å². The topological polar surface area (TPSA) is 58.6 Å². The van der Waals surface area contributed by atoms with E-state index in [-0.39, 0.29) is 19.1 Å². The van der Waals surface area contributed by atoms with Crippen LogP contribution in [0.4, 0.5) is 0 Å². The average Bonchev–Trinajstić information content (AvgIpc) is 2.38. The van der Waals surface area contributed by atoms with E-state index in [2.05, 4.69) is 5.32 Å². The Balaban J connectivity index is 2.44. The Morgan fingerprint density at radius 3 is 2.50 bits per heavy atom. The van der Waals surface area contributed by atoms with Gasteiger partial charge in [0, 0.05) is 0 Å². The first-order valence-corrected chi connectivity index (χ1v) is 6.10. The lowest BCUT2D eigenvalue weighted by atomic mass is 10.0. The van der Waals surface area contributed by atoms with E-state index in [1.165, 1.54) is 0 Å². The second-order valence-electron chi connectivity index (χ2n) is 4.72. The molecule has 0 saturated carbocycles. The van der Waals surface area contributed by atoms with Crippen LogP contribution in [0.2, 0.25) is 0 Å². The Hall–Kier alpha value is -1.55. The summed E-state index contributed by atoms with van der Waals surface area (Å²) in [4.78, 5) is 11.7. The summed E-state index contributed by atoms with van der Waals surface area (Å²) in [5.74, 6) is 0.437. The molecule has 1 aromatic rings. The third-order valence-electron chi connectivity index (χ3n) is 2.96. The van der Waals surface area contributed by atoms with Gasteiger partial charge in [0.05, 0.1) is 12.1 Å². The number of ether oxygens (including phenoxy) is 1. The monoisotopic (exact) mass is 251 g/mol. The molecule has 0 fully saturated rings. The van der Waals surface area contributed by atoms with Crippen molar-refractivity contribution in [2.24, 2.45) is 0 Å². The standard InChI is InChI=1S/C14H21NO3/c1-4-14(3,10-16)15-13(17)9-18-12-7-5-11(2)6-8-12/h5-8,16H,4,9-10H2,1-3H3,(H,15,17). The molecule has 1 amide bonds. The molecule has 1 atom stereocenters. The van der Waals surface area contributed by atoms with Crippen molar-refractivity contribution in [1.82, 2.24) is 5.32 Å². The van der Waals surface area contributed by atoms with Crippen molar-refractivity contribution in [1.29, 1.82) is 0 Å². The minimum Gasteiger partial charge on any atom is -0.484 e. The van der Waals surface area contributed by atoms with Gasteiger partial charge in [-0.15, -0.1) is 0 Å². The molecule has 0 aliphatic heterocycles. The summed E-state index contributed by atoms with van der Waals surface area (Å²) in [5.41, 5.74) is 0.568. The maximum absolute atomic E-state index is 11.7. The molecule has 0 aliphatic carbocycles. The first-order valence-electron chi connectivity index (χ1n) is 6.10. The number of nitrogens with one attached hydrogen (secondary N) is 1. The highest BCUT2D eigenvalue weighted by Crippen LogP contribution is 2.11.